The number of carbonyl (C=O) groups is 1. The second-order valence-electron chi connectivity index (χ2n) is 7.48. The van der Waals surface area contributed by atoms with Crippen molar-refractivity contribution in [3.8, 4) is 11.4 Å². The fourth-order valence-corrected chi connectivity index (χ4v) is 4.14. The Bertz CT molecular complexity index is 1360. The third-order valence-electron chi connectivity index (χ3n) is 5.01. The van der Waals surface area contributed by atoms with Crippen molar-refractivity contribution in [2.24, 2.45) is 0 Å². The number of hydrogen-bond acceptors (Lipinski definition) is 5. The Morgan fingerprint density at radius 1 is 1.06 bits per heavy atom. The van der Waals surface area contributed by atoms with Crippen LogP contribution in [0, 0.1) is 6.92 Å². The summed E-state index contributed by atoms with van der Waals surface area (Å²) in [6.45, 7) is -0.696. The Morgan fingerprint density at radius 2 is 1.76 bits per heavy atom. The molecule has 4 aromatic rings. The summed E-state index contributed by atoms with van der Waals surface area (Å²) in [5.41, 5.74) is 2.82. The van der Waals surface area contributed by atoms with Crippen LogP contribution in [-0.2, 0) is 11.3 Å². The number of aryl methyl sites for hydroxylation is 1. The molecule has 1 amide bonds. The highest BCUT2D eigenvalue weighted by atomic mass is 32.2. The maximum Gasteiger partial charge on any atom is 0.387 e. The van der Waals surface area contributed by atoms with Crippen molar-refractivity contribution >= 4 is 28.6 Å². The van der Waals surface area contributed by atoms with E-state index in [4.69, 9.17) is 0 Å². The van der Waals surface area contributed by atoms with Gasteiger partial charge in [0.15, 0.2) is 5.16 Å². The lowest BCUT2D eigenvalue weighted by Crippen LogP contribution is -2.26. The number of nitrogens with zero attached hydrogens (tertiary/aromatic N) is 2. The van der Waals surface area contributed by atoms with E-state index in [9.17, 15) is 18.4 Å². The summed E-state index contributed by atoms with van der Waals surface area (Å²) in [5.74, 6) is -0.156. The van der Waals surface area contributed by atoms with Crippen molar-refractivity contribution in [1.29, 1.82) is 0 Å². The summed E-state index contributed by atoms with van der Waals surface area (Å²) in [6, 6.07) is 20.7. The molecule has 1 aromatic heterocycles. The summed E-state index contributed by atoms with van der Waals surface area (Å²) in [4.78, 5) is 30.3. The lowest BCUT2D eigenvalue weighted by molar-refractivity contribution is -0.118. The number of halogens is 2. The number of benzene rings is 3. The van der Waals surface area contributed by atoms with Gasteiger partial charge in [-0.25, -0.2) is 4.98 Å². The normalized spacial score (nSPS) is 11.1. The second kappa shape index (κ2) is 10.5. The number of amides is 1. The molecule has 0 aliphatic rings. The summed E-state index contributed by atoms with van der Waals surface area (Å²) < 4.78 is 30.3. The molecule has 0 fully saturated rings. The molecule has 0 aliphatic heterocycles. The molecule has 6 nitrogen and oxygen atoms in total. The molecule has 0 bridgehead atoms. The van der Waals surface area contributed by atoms with Crippen LogP contribution < -0.4 is 15.6 Å². The van der Waals surface area contributed by atoms with Crippen LogP contribution in [-0.4, -0.2) is 27.8 Å². The van der Waals surface area contributed by atoms with Crippen molar-refractivity contribution in [2.75, 3.05) is 5.75 Å². The van der Waals surface area contributed by atoms with Gasteiger partial charge in [-0.15, -0.1) is 0 Å². The molecular weight excluding hydrogens is 460 g/mol. The SMILES string of the molecule is Cc1ccc(-n2c(SCC(=O)NCc3ccc(OC(F)F)cc3)nc3ccccc3c2=O)cc1. The maximum absolute atomic E-state index is 13.2. The minimum absolute atomic E-state index is 0.0449. The Morgan fingerprint density at radius 3 is 2.47 bits per heavy atom. The first-order chi connectivity index (χ1) is 16.4. The van der Waals surface area contributed by atoms with Gasteiger partial charge in [0.25, 0.3) is 5.56 Å². The van der Waals surface area contributed by atoms with Crippen molar-refractivity contribution < 1.29 is 18.3 Å². The van der Waals surface area contributed by atoms with Gasteiger partial charge in [0.1, 0.15) is 5.75 Å². The highest BCUT2D eigenvalue weighted by Crippen LogP contribution is 2.22. The molecule has 0 aliphatic carbocycles. The highest BCUT2D eigenvalue weighted by Gasteiger charge is 2.15. The van der Waals surface area contributed by atoms with E-state index < -0.39 is 6.61 Å². The number of hydrogen-bond donors (Lipinski definition) is 1. The van der Waals surface area contributed by atoms with Gasteiger partial charge in [0.05, 0.1) is 22.3 Å². The Hall–Kier alpha value is -3.72. The van der Waals surface area contributed by atoms with Crippen LogP contribution in [0.1, 0.15) is 11.1 Å². The third kappa shape index (κ3) is 5.60. The molecule has 0 unspecified atom stereocenters. The molecule has 3 aromatic carbocycles. The van der Waals surface area contributed by atoms with E-state index in [1.54, 1.807) is 30.3 Å². The van der Waals surface area contributed by atoms with Crippen LogP contribution in [0.15, 0.2) is 82.7 Å². The first kappa shape index (κ1) is 23.4. The smallest absolute Gasteiger partial charge is 0.387 e. The molecule has 0 saturated carbocycles. The number of thioether (sulfide) groups is 1. The fourth-order valence-electron chi connectivity index (χ4n) is 3.30. The van der Waals surface area contributed by atoms with Crippen molar-refractivity contribution in [3.63, 3.8) is 0 Å². The number of nitrogens with one attached hydrogen (secondary N) is 1. The number of para-hydroxylation sites is 1. The number of ether oxygens (including phenoxy) is 1. The molecule has 0 atom stereocenters. The molecule has 1 N–H and O–H groups in total. The van der Waals surface area contributed by atoms with Crippen molar-refractivity contribution in [1.82, 2.24) is 14.9 Å². The van der Waals surface area contributed by atoms with Crippen LogP contribution in [0.25, 0.3) is 16.6 Å². The largest absolute Gasteiger partial charge is 0.435 e. The van der Waals surface area contributed by atoms with Crippen molar-refractivity contribution in [2.45, 2.75) is 25.2 Å². The molecule has 4 rings (SSSR count). The van der Waals surface area contributed by atoms with Gasteiger partial charge in [0, 0.05) is 6.54 Å². The first-order valence-electron chi connectivity index (χ1n) is 10.4. The summed E-state index contributed by atoms with van der Waals surface area (Å²) in [6.07, 6.45) is 0. The minimum atomic E-state index is -2.89. The Balaban J connectivity index is 1.49. The Kier molecular flexibility index (Phi) is 7.22. The summed E-state index contributed by atoms with van der Waals surface area (Å²) >= 11 is 1.16. The van der Waals surface area contributed by atoms with Gasteiger partial charge in [0.2, 0.25) is 5.91 Å². The zero-order chi connectivity index (χ0) is 24.1. The van der Waals surface area contributed by atoms with Crippen LogP contribution in [0.3, 0.4) is 0 Å². The van der Waals surface area contributed by atoms with Gasteiger partial charge < -0.3 is 10.1 Å². The van der Waals surface area contributed by atoms with Crippen LogP contribution >= 0.6 is 11.8 Å². The predicted molar refractivity (Wildman–Crippen MR) is 128 cm³/mol. The molecule has 9 heteroatoms. The molecule has 34 heavy (non-hydrogen) atoms. The van der Waals surface area contributed by atoms with Crippen LogP contribution in [0.2, 0.25) is 0 Å². The van der Waals surface area contributed by atoms with E-state index in [2.05, 4.69) is 15.0 Å². The maximum atomic E-state index is 13.2. The zero-order valence-corrected chi connectivity index (χ0v) is 19.0. The van der Waals surface area contributed by atoms with Crippen LogP contribution in [0.4, 0.5) is 8.78 Å². The van der Waals surface area contributed by atoms with Gasteiger partial charge in [-0.2, -0.15) is 8.78 Å². The topological polar surface area (TPSA) is 73.2 Å². The van der Waals surface area contributed by atoms with Crippen LogP contribution in [0.5, 0.6) is 5.75 Å². The summed E-state index contributed by atoms with van der Waals surface area (Å²) in [5, 5.41) is 3.69. The average molecular weight is 482 g/mol. The average Bonchev–Trinajstić information content (AvgIpc) is 2.83. The molecular formula is C25H21F2N3O3S. The Labute approximate surface area is 198 Å². The van der Waals surface area contributed by atoms with E-state index in [-0.39, 0.29) is 29.5 Å². The van der Waals surface area contributed by atoms with E-state index in [1.165, 1.54) is 16.7 Å². The molecule has 174 valence electrons. The van der Waals surface area contributed by atoms with E-state index >= 15 is 0 Å². The third-order valence-corrected chi connectivity index (χ3v) is 5.95. The number of rotatable bonds is 8. The second-order valence-corrected chi connectivity index (χ2v) is 8.42. The molecule has 0 spiro atoms. The summed E-state index contributed by atoms with van der Waals surface area (Å²) in [7, 11) is 0. The molecule has 0 radical (unpaired) electrons. The number of alkyl halides is 2. The first-order valence-corrected chi connectivity index (χ1v) is 11.4. The monoisotopic (exact) mass is 481 g/mol. The lowest BCUT2D eigenvalue weighted by atomic mass is 10.2. The number of carbonyl (C=O) groups excluding carboxylic acids is 1. The van der Waals surface area contributed by atoms with E-state index in [0.29, 0.717) is 21.7 Å². The fraction of sp³-hybridized carbons (Fsp3) is 0.160. The van der Waals surface area contributed by atoms with Gasteiger partial charge in [-0.05, 0) is 48.9 Å². The quantitative estimate of drug-likeness (QED) is 0.292. The molecule has 0 saturated heterocycles. The minimum Gasteiger partial charge on any atom is -0.435 e. The lowest BCUT2D eigenvalue weighted by Gasteiger charge is -2.13. The van der Waals surface area contributed by atoms with Gasteiger partial charge in [-0.1, -0.05) is 53.7 Å². The van der Waals surface area contributed by atoms with Crippen molar-refractivity contribution in [3.05, 3.63) is 94.3 Å². The predicted octanol–water partition coefficient (Wildman–Crippen LogP) is 4.70. The highest BCUT2D eigenvalue weighted by molar-refractivity contribution is 7.99. The van der Waals surface area contributed by atoms with E-state index in [1.807, 2.05) is 37.3 Å². The van der Waals surface area contributed by atoms with Gasteiger partial charge in [-0.3, -0.25) is 14.2 Å². The standard InChI is InChI=1S/C25H21F2N3O3S/c1-16-6-10-18(11-7-16)30-23(32)20-4-2-3-5-21(20)29-25(30)34-15-22(31)28-14-17-8-12-19(13-9-17)33-24(26)27/h2-13,24H,14-15H2,1H3,(H,28,31). The van der Waals surface area contributed by atoms with Gasteiger partial charge >= 0.3 is 6.61 Å². The molecule has 1 heterocycles. The number of fused-ring (bicyclic) bond motifs is 1. The zero-order valence-electron chi connectivity index (χ0n) is 18.2. The number of aromatic nitrogens is 2. The van der Waals surface area contributed by atoms with E-state index in [0.717, 1.165) is 22.9 Å².